The van der Waals surface area contributed by atoms with Crippen LogP contribution in [0.4, 0.5) is 17.2 Å². The highest BCUT2D eigenvalue weighted by Gasteiger charge is 2.54. The summed E-state index contributed by atoms with van der Waals surface area (Å²) in [6.07, 6.45) is 6.33. The van der Waals surface area contributed by atoms with Crippen molar-refractivity contribution in [3.8, 4) is 11.1 Å². The SMILES string of the molecule is CN1C(=O)C2(CCC2)c2c1cnc1ccc(-c3cnc(N4CC(N(C)C)C4)c(NS(=O)(=O)N(C)C)c3)cc21. The summed E-state index contributed by atoms with van der Waals surface area (Å²) in [5, 5.41) is 0.966. The zero-order valence-corrected chi connectivity index (χ0v) is 23.2. The van der Waals surface area contributed by atoms with Gasteiger partial charge in [-0.1, -0.05) is 12.5 Å². The molecule has 1 aliphatic carbocycles. The lowest BCUT2D eigenvalue weighted by Gasteiger charge is -2.44. The molecule has 0 bridgehead atoms. The maximum atomic E-state index is 13.2. The molecule has 1 amide bonds. The molecule has 0 atom stereocenters. The minimum Gasteiger partial charge on any atom is -0.352 e. The highest BCUT2D eigenvalue weighted by atomic mass is 32.2. The van der Waals surface area contributed by atoms with Gasteiger partial charge in [0.15, 0.2) is 5.82 Å². The van der Waals surface area contributed by atoms with E-state index in [-0.39, 0.29) is 5.91 Å². The molecule has 2 fully saturated rings. The highest BCUT2D eigenvalue weighted by Crippen LogP contribution is 2.55. The van der Waals surface area contributed by atoms with Gasteiger partial charge in [0, 0.05) is 63.0 Å². The van der Waals surface area contributed by atoms with Gasteiger partial charge in [0.05, 0.1) is 28.5 Å². The van der Waals surface area contributed by atoms with Gasteiger partial charge < -0.3 is 14.7 Å². The Morgan fingerprint density at radius 3 is 2.39 bits per heavy atom. The second-order valence-corrected chi connectivity index (χ2v) is 12.9. The highest BCUT2D eigenvalue weighted by molar-refractivity contribution is 7.90. The summed E-state index contributed by atoms with van der Waals surface area (Å²) >= 11 is 0. The van der Waals surface area contributed by atoms with Crippen LogP contribution in [-0.2, 0) is 20.4 Å². The first-order valence-corrected chi connectivity index (χ1v) is 14.3. The number of nitrogens with zero attached hydrogens (tertiary/aromatic N) is 6. The van der Waals surface area contributed by atoms with Gasteiger partial charge in [-0.25, -0.2) is 4.98 Å². The number of amides is 1. The summed E-state index contributed by atoms with van der Waals surface area (Å²) in [6.45, 7) is 1.54. The summed E-state index contributed by atoms with van der Waals surface area (Å²) in [5.74, 6) is 0.761. The Morgan fingerprint density at radius 1 is 1.03 bits per heavy atom. The molecule has 1 saturated heterocycles. The van der Waals surface area contributed by atoms with Gasteiger partial charge in [-0.2, -0.15) is 12.7 Å². The van der Waals surface area contributed by atoms with Crippen LogP contribution in [0.2, 0.25) is 0 Å². The van der Waals surface area contributed by atoms with Gasteiger partial charge in [0.25, 0.3) is 0 Å². The number of hydrogen-bond acceptors (Lipinski definition) is 7. The van der Waals surface area contributed by atoms with Gasteiger partial charge >= 0.3 is 10.2 Å². The standard InChI is InChI=1S/C27H33N7O3S/c1-31(2)19-15-34(16-19)25-22(30-38(36,37)32(3)4)12-18(13-29-25)17-7-8-21-20(11-17)24-23(14-28-21)33(5)26(35)27(24)9-6-10-27/h7-8,11-14,19,30H,6,9-10,15-16H2,1-5H3. The molecule has 1 aromatic carbocycles. The van der Waals surface area contributed by atoms with Crippen LogP contribution in [0.5, 0.6) is 0 Å². The number of fused-ring (bicyclic) bond motifs is 4. The van der Waals surface area contributed by atoms with Crippen molar-refractivity contribution in [2.24, 2.45) is 0 Å². The molecule has 4 heterocycles. The minimum absolute atomic E-state index is 0.149. The van der Waals surface area contributed by atoms with Crippen molar-refractivity contribution in [3.05, 3.63) is 42.2 Å². The number of carbonyl (C=O) groups is 1. The average Bonchev–Trinajstić information content (AvgIpc) is 3.05. The molecule has 38 heavy (non-hydrogen) atoms. The lowest BCUT2D eigenvalue weighted by atomic mass is 9.64. The molecule has 1 N–H and O–H groups in total. The summed E-state index contributed by atoms with van der Waals surface area (Å²) in [4.78, 5) is 28.6. The maximum Gasteiger partial charge on any atom is 0.301 e. The average molecular weight is 536 g/mol. The number of aromatic nitrogens is 2. The van der Waals surface area contributed by atoms with Crippen LogP contribution in [0.25, 0.3) is 22.0 Å². The number of nitrogens with one attached hydrogen (secondary N) is 1. The van der Waals surface area contributed by atoms with Crippen molar-refractivity contribution in [1.29, 1.82) is 0 Å². The van der Waals surface area contributed by atoms with Gasteiger partial charge in [-0.05, 0) is 50.7 Å². The zero-order valence-electron chi connectivity index (χ0n) is 22.4. The number of likely N-dealkylation sites (N-methyl/N-ethyl adjacent to an activating group) is 2. The number of benzene rings is 1. The second-order valence-electron chi connectivity index (χ2n) is 11.1. The third kappa shape index (κ3) is 3.67. The Morgan fingerprint density at radius 2 is 1.76 bits per heavy atom. The van der Waals surface area contributed by atoms with Crippen molar-refractivity contribution in [2.75, 3.05) is 62.8 Å². The fourth-order valence-corrected chi connectivity index (χ4v) is 6.39. The summed E-state index contributed by atoms with van der Waals surface area (Å²) < 4.78 is 29.5. The van der Waals surface area contributed by atoms with Crippen molar-refractivity contribution in [2.45, 2.75) is 30.7 Å². The molecule has 3 aromatic rings. The minimum atomic E-state index is -3.73. The van der Waals surface area contributed by atoms with Gasteiger partial charge in [-0.3, -0.25) is 14.5 Å². The summed E-state index contributed by atoms with van der Waals surface area (Å²) in [5.41, 5.74) is 4.44. The van der Waals surface area contributed by atoms with Gasteiger partial charge in [0.2, 0.25) is 5.91 Å². The predicted octanol–water partition coefficient (Wildman–Crippen LogP) is 2.66. The van der Waals surface area contributed by atoms with Crippen LogP contribution < -0.4 is 14.5 Å². The van der Waals surface area contributed by atoms with E-state index < -0.39 is 15.6 Å². The van der Waals surface area contributed by atoms with E-state index in [1.165, 1.54) is 14.1 Å². The number of carbonyl (C=O) groups excluding carboxylic acids is 1. The molecule has 1 spiro atoms. The van der Waals surface area contributed by atoms with Crippen molar-refractivity contribution < 1.29 is 13.2 Å². The van der Waals surface area contributed by atoms with Crippen LogP contribution in [0, 0.1) is 0 Å². The molecule has 6 rings (SSSR count). The fourth-order valence-electron chi connectivity index (χ4n) is 5.78. The van der Waals surface area contributed by atoms with E-state index in [9.17, 15) is 13.2 Å². The molecule has 200 valence electrons. The Hall–Kier alpha value is -3.28. The molecule has 2 aliphatic heterocycles. The van der Waals surface area contributed by atoms with Crippen molar-refractivity contribution in [1.82, 2.24) is 19.2 Å². The third-order valence-corrected chi connectivity index (χ3v) is 9.86. The summed E-state index contributed by atoms with van der Waals surface area (Å²) in [6, 6.07) is 8.25. The zero-order chi connectivity index (χ0) is 27.0. The number of pyridine rings is 2. The van der Waals surface area contributed by atoms with E-state index in [0.29, 0.717) is 17.5 Å². The lowest BCUT2D eigenvalue weighted by molar-refractivity contribution is -0.125. The summed E-state index contributed by atoms with van der Waals surface area (Å²) in [7, 11) is 5.17. The monoisotopic (exact) mass is 535 g/mol. The van der Waals surface area contributed by atoms with Crippen molar-refractivity contribution >= 4 is 44.2 Å². The molecule has 10 nitrogen and oxygen atoms in total. The predicted molar refractivity (Wildman–Crippen MR) is 150 cm³/mol. The Labute approximate surface area is 223 Å². The van der Waals surface area contributed by atoms with Crippen LogP contribution in [0.1, 0.15) is 24.8 Å². The Kier molecular flexibility index (Phi) is 5.68. The van der Waals surface area contributed by atoms with Crippen LogP contribution in [0.15, 0.2) is 36.7 Å². The van der Waals surface area contributed by atoms with E-state index in [4.69, 9.17) is 4.98 Å². The van der Waals surface area contributed by atoms with E-state index in [1.807, 2.05) is 39.3 Å². The molecule has 11 heteroatoms. The second kappa shape index (κ2) is 8.62. The number of rotatable bonds is 6. The number of anilines is 3. The van der Waals surface area contributed by atoms with Crippen LogP contribution in [0.3, 0.4) is 0 Å². The molecule has 3 aliphatic rings. The largest absolute Gasteiger partial charge is 0.352 e. The van der Waals surface area contributed by atoms with Gasteiger partial charge in [0.1, 0.15) is 0 Å². The topological polar surface area (TPSA) is 102 Å². The first kappa shape index (κ1) is 25.0. The molecule has 2 aromatic heterocycles. The Bertz CT molecular complexity index is 1560. The van der Waals surface area contributed by atoms with Crippen LogP contribution >= 0.6 is 0 Å². The number of hydrogen-bond donors (Lipinski definition) is 1. The fraction of sp³-hybridized carbons (Fsp3) is 0.444. The van der Waals surface area contributed by atoms with Gasteiger partial charge in [-0.15, -0.1) is 0 Å². The molecule has 0 unspecified atom stereocenters. The smallest absolute Gasteiger partial charge is 0.301 e. The molecule has 0 radical (unpaired) electrons. The maximum absolute atomic E-state index is 13.2. The Balaban J connectivity index is 1.45. The lowest BCUT2D eigenvalue weighted by Crippen LogP contribution is -2.58. The molecule has 1 saturated carbocycles. The molecular weight excluding hydrogens is 502 g/mol. The van der Waals surface area contributed by atoms with Crippen molar-refractivity contribution in [3.63, 3.8) is 0 Å². The first-order valence-electron chi connectivity index (χ1n) is 12.9. The molecular formula is C27H33N7O3S. The third-order valence-electron chi connectivity index (χ3n) is 8.42. The van der Waals surface area contributed by atoms with E-state index in [1.54, 1.807) is 17.3 Å². The quantitative estimate of drug-likeness (QED) is 0.518. The van der Waals surface area contributed by atoms with E-state index >= 15 is 0 Å². The normalized spacial score (nSPS) is 18.9. The van der Waals surface area contributed by atoms with Crippen LogP contribution in [-0.4, -0.2) is 87.9 Å². The van der Waals surface area contributed by atoms with E-state index in [2.05, 4.69) is 25.6 Å². The van der Waals surface area contributed by atoms with E-state index in [0.717, 1.165) is 69.9 Å². The first-order chi connectivity index (χ1) is 18.0.